The van der Waals surface area contributed by atoms with Crippen molar-refractivity contribution in [3.05, 3.63) is 18.3 Å². The lowest BCUT2D eigenvalue weighted by molar-refractivity contribution is 0.494. The largest absolute Gasteiger partial charge is 0.373 e. The topological polar surface area (TPSA) is 28.2 Å². The van der Waals surface area contributed by atoms with Crippen molar-refractivity contribution in [2.24, 2.45) is 11.8 Å². The highest BCUT2D eigenvalue weighted by Crippen LogP contribution is 2.39. The van der Waals surface area contributed by atoms with Crippen LogP contribution in [0.2, 0.25) is 0 Å². The van der Waals surface area contributed by atoms with Gasteiger partial charge in [-0.05, 0) is 30.7 Å². The summed E-state index contributed by atoms with van der Waals surface area (Å²) < 4.78 is 0. The van der Waals surface area contributed by atoms with Crippen molar-refractivity contribution in [3.8, 4) is 0 Å². The van der Waals surface area contributed by atoms with Crippen molar-refractivity contribution in [2.75, 3.05) is 30.4 Å². The lowest BCUT2D eigenvalue weighted by Crippen LogP contribution is -2.20. The fourth-order valence-electron chi connectivity index (χ4n) is 3.20. The van der Waals surface area contributed by atoms with Crippen LogP contribution >= 0.6 is 0 Å². The Hall–Kier alpha value is -1.25. The first-order chi connectivity index (χ1) is 7.86. The maximum absolute atomic E-state index is 4.26. The molecule has 0 spiro atoms. The molecule has 0 bridgehead atoms. The van der Waals surface area contributed by atoms with Crippen LogP contribution in [0.25, 0.3) is 0 Å². The molecule has 1 aromatic rings. The van der Waals surface area contributed by atoms with Crippen LogP contribution in [0.4, 0.5) is 11.5 Å². The minimum Gasteiger partial charge on any atom is -0.373 e. The van der Waals surface area contributed by atoms with E-state index in [0.717, 1.165) is 17.7 Å². The molecule has 2 atom stereocenters. The van der Waals surface area contributed by atoms with Gasteiger partial charge < -0.3 is 10.2 Å². The first-order valence-corrected chi connectivity index (χ1v) is 6.25. The number of pyridine rings is 1. The van der Waals surface area contributed by atoms with Crippen molar-refractivity contribution in [1.29, 1.82) is 0 Å². The lowest BCUT2D eigenvalue weighted by Gasteiger charge is -2.19. The summed E-state index contributed by atoms with van der Waals surface area (Å²) in [5, 5.41) is 3.10. The molecule has 3 nitrogen and oxygen atoms in total. The van der Waals surface area contributed by atoms with E-state index in [9.17, 15) is 0 Å². The van der Waals surface area contributed by atoms with Gasteiger partial charge >= 0.3 is 0 Å². The minimum atomic E-state index is 0.950. The van der Waals surface area contributed by atoms with Gasteiger partial charge in [0.15, 0.2) is 0 Å². The molecule has 0 aromatic carbocycles. The van der Waals surface area contributed by atoms with Gasteiger partial charge in [0.25, 0.3) is 0 Å². The number of rotatable bonds is 2. The fraction of sp³-hybridized carbons (Fsp3) is 0.615. The molecule has 2 heterocycles. The SMILES string of the molecule is CNc1cc(N2CC3CCCC3C2)ccn1. The second kappa shape index (κ2) is 3.96. The monoisotopic (exact) mass is 217 g/mol. The average Bonchev–Trinajstić information content (AvgIpc) is 2.89. The van der Waals surface area contributed by atoms with E-state index in [1.54, 1.807) is 0 Å². The number of hydrogen-bond acceptors (Lipinski definition) is 3. The van der Waals surface area contributed by atoms with E-state index in [0.29, 0.717) is 0 Å². The molecule has 16 heavy (non-hydrogen) atoms. The minimum absolute atomic E-state index is 0.950. The van der Waals surface area contributed by atoms with Gasteiger partial charge in [0.2, 0.25) is 0 Å². The highest BCUT2D eigenvalue weighted by Gasteiger charge is 2.36. The Kier molecular flexibility index (Phi) is 2.46. The maximum atomic E-state index is 4.26. The van der Waals surface area contributed by atoms with E-state index >= 15 is 0 Å². The second-order valence-corrected chi connectivity index (χ2v) is 5.01. The molecule has 1 N–H and O–H groups in total. The Bertz CT molecular complexity index is 365. The summed E-state index contributed by atoms with van der Waals surface area (Å²) in [5.74, 6) is 2.87. The molecule has 0 amide bonds. The summed E-state index contributed by atoms with van der Waals surface area (Å²) in [6.07, 6.45) is 6.22. The number of nitrogens with one attached hydrogen (secondary N) is 1. The highest BCUT2D eigenvalue weighted by atomic mass is 15.2. The summed E-state index contributed by atoms with van der Waals surface area (Å²) in [4.78, 5) is 6.79. The fourth-order valence-corrected chi connectivity index (χ4v) is 3.20. The first-order valence-electron chi connectivity index (χ1n) is 6.25. The van der Waals surface area contributed by atoms with Crippen LogP contribution in [0.5, 0.6) is 0 Å². The molecule has 1 saturated heterocycles. The van der Waals surface area contributed by atoms with E-state index in [1.807, 2.05) is 13.2 Å². The quantitative estimate of drug-likeness (QED) is 0.824. The number of anilines is 2. The van der Waals surface area contributed by atoms with Crippen LogP contribution in [0.1, 0.15) is 19.3 Å². The third-order valence-electron chi connectivity index (χ3n) is 4.09. The van der Waals surface area contributed by atoms with E-state index < -0.39 is 0 Å². The molecule has 1 aliphatic heterocycles. The number of nitrogens with zero attached hydrogens (tertiary/aromatic N) is 2. The Morgan fingerprint density at radius 2 is 2.06 bits per heavy atom. The van der Waals surface area contributed by atoms with Gasteiger partial charge in [-0.1, -0.05) is 6.42 Å². The predicted octanol–water partition coefficient (Wildman–Crippen LogP) is 2.36. The normalized spacial score (nSPS) is 28.2. The van der Waals surface area contributed by atoms with Crippen molar-refractivity contribution < 1.29 is 0 Å². The summed E-state index contributed by atoms with van der Waals surface area (Å²) in [7, 11) is 1.92. The third-order valence-corrected chi connectivity index (χ3v) is 4.09. The molecular formula is C13H19N3. The zero-order valence-electron chi connectivity index (χ0n) is 9.82. The molecule has 0 radical (unpaired) electrons. The zero-order valence-corrected chi connectivity index (χ0v) is 9.82. The standard InChI is InChI=1S/C13H19N3/c1-14-13-7-12(5-6-15-13)16-8-10-3-2-4-11(10)9-16/h5-7,10-11H,2-4,8-9H2,1H3,(H,14,15). The van der Waals surface area contributed by atoms with E-state index in [2.05, 4.69) is 27.3 Å². The molecule has 2 unspecified atom stereocenters. The molecule has 86 valence electrons. The molecule has 3 rings (SSSR count). The summed E-state index contributed by atoms with van der Waals surface area (Å²) in [6, 6.07) is 4.28. The zero-order chi connectivity index (χ0) is 11.0. The first kappa shape index (κ1) is 9.94. The van der Waals surface area contributed by atoms with Gasteiger partial charge in [-0.25, -0.2) is 4.98 Å². The van der Waals surface area contributed by atoms with Crippen LogP contribution in [0.15, 0.2) is 18.3 Å². The molecule has 2 fully saturated rings. The van der Waals surface area contributed by atoms with Crippen molar-refractivity contribution in [1.82, 2.24) is 4.98 Å². The van der Waals surface area contributed by atoms with Crippen molar-refractivity contribution in [3.63, 3.8) is 0 Å². The number of hydrogen-bond donors (Lipinski definition) is 1. The van der Waals surface area contributed by atoms with Crippen molar-refractivity contribution >= 4 is 11.5 Å². The summed E-state index contributed by atoms with van der Waals surface area (Å²) in [5.41, 5.74) is 1.33. The molecular weight excluding hydrogens is 198 g/mol. The van der Waals surface area contributed by atoms with Gasteiger partial charge in [0.1, 0.15) is 5.82 Å². The van der Waals surface area contributed by atoms with Crippen LogP contribution in [-0.2, 0) is 0 Å². The van der Waals surface area contributed by atoms with Gasteiger partial charge in [0.05, 0.1) is 0 Å². The van der Waals surface area contributed by atoms with Gasteiger partial charge in [0, 0.05) is 38.1 Å². The summed E-state index contributed by atoms with van der Waals surface area (Å²) in [6.45, 7) is 2.50. The van der Waals surface area contributed by atoms with Crippen LogP contribution < -0.4 is 10.2 Å². The Morgan fingerprint density at radius 3 is 2.75 bits per heavy atom. The van der Waals surface area contributed by atoms with Gasteiger partial charge in [-0.15, -0.1) is 0 Å². The average molecular weight is 217 g/mol. The van der Waals surface area contributed by atoms with Crippen LogP contribution in [0.3, 0.4) is 0 Å². The second-order valence-electron chi connectivity index (χ2n) is 5.01. The maximum Gasteiger partial charge on any atom is 0.127 e. The van der Waals surface area contributed by atoms with Gasteiger partial charge in [-0.2, -0.15) is 0 Å². The summed E-state index contributed by atoms with van der Waals surface area (Å²) >= 11 is 0. The van der Waals surface area contributed by atoms with Crippen molar-refractivity contribution in [2.45, 2.75) is 19.3 Å². The number of aromatic nitrogens is 1. The van der Waals surface area contributed by atoms with Gasteiger partial charge in [-0.3, -0.25) is 0 Å². The Morgan fingerprint density at radius 1 is 1.31 bits per heavy atom. The third kappa shape index (κ3) is 1.64. The Balaban J connectivity index is 1.78. The van der Waals surface area contributed by atoms with Crippen LogP contribution in [-0.4, -0.2) is 25.1 Å². The smallest absolute Gasteiger partial charge is 0.127 e. The van der Waals surface area contributed by atoms with E-state index in [4.69, 9.17) is 0 Å². The molecule has 1 aliphatic carbocycles. The predicted molar refractivity (Wildman–Crippen MR) is 66.8 cm³/mol. The van der Waals surface area contributed by atoms with E-state index in [-0.39, 0.29) is 0 Å². The number of fused-ring (bicyclic) bond motifs is 1. The highest BCUT2D eigenvalue weighted by molar-refractivity contribution is 5.54. The van der Waals surface area contributed by atoms with E-state index in [1.165, 1.54) is 38.0 Å². The Labute approximate surface area is 96.9 Å². The molecule has 2 aliphatic rings. The van der Waals surface area contributed by atoms with Crippen LogP contribution in [0, 0.1) is 11.8 Å². The molecule has 3 heteroatoms. The molecule has 1 saturated carbocycles. The molecule has 1 aromatic heterocycles. The lowest BCUT2D eigenvalue weighted by atomic mass is 10.0.